The largest absolute Gasteiger partial charge is 0.371 e. The highest BCUT2D eigenvalue weighted by molar-refractivity contribution is 5.47. The van der Waals surface area contributed by atoms with E-state index in [9.17, 15) is 0 Å². The number of anilines is 1. The predicted octanol–water partition coefficient (Wildman–Crippen LogP) is 2.17. The monoisotopic (exact) mass is 176 g/mol. The molecule has 0 bridgehead atoms. The van der Waals surface area contributed by atoms with Crippen LogP contribution < -0.4 is 4.90 Å². The summed E-state index contributed by atoms with van der Waals surface area (Å²) in [5.74, 6) is 1.70. The number of rotatable bonds is 2. The summed E-state index contributed by atoms with van der Waals surface area (Å²) >= 11 is 0. The van der Waals surface area contributed by atoms with Gasteiger partial charge in [-0.3, -0.25) is 4.98 Å². The molecule has 1 aliphatic rings. The fraction of sp³-hybridized carbons (Fsp3) is 0.545. The Morgan fingerprint density at radius 2 is 1.92 bits per heavy atom. The first kappa shape index (κ1) is 8.54. The van der Waals surface area contributed by atoms with Crippen LogP contribution in [0.15, 0.2) is 24.5 Å². The zero-order valence-electron chi connectivity index (χ0n) is 8.27. The van der Waals surface area contributed by atoms with Gasteiger partial charge in [0.1, 0.15) is 0 Å². The normalized spacial score (nSPS) is 17.6. The van der Waals surface area contributed by atoms with E-state index < -0.39 is 0 Å². The molecular formula is C11H16N2. The van der Waals surface area contributed by atoms with Crippen LogP contribution in [-0.4, -0.2) is 18.1 Å². The number of aromatic nitrogens is 1. The van der Waals surface area contributed by atoms with Gasteiger partial charge in [0.15, 0.2) is 0 Å². The maximum Gasteiger partial charge on any atom is 0.0397 e. The van der Waals surface area contributed by atoms with Gasteiger partial charge in [-0.2, -0.15) is 0 Å². The van der Waals surface area contributed by atoms with Gasteiger partial charge in [0.2, 0.25) is 0 Å². The van der Waals surface area contributed by atoms with Crippen LogP contribution in [-0.2, 0) is 0 Å². The van der Waals surface area contributed by atoms with E-state index in [2.05, 4.69) is 35.9 Å². The first-order chi connectivity index (χ1) is 6.27. The first-order valence-electron chi connectivity index (χ1n) is 4.92. The molecule has 1 aliphatic heterocycles. The van der Waals surface area contributed by atoms with Crippen LogP contribution in [0, 0.1) is 11.8 Å². The van der Waals surface area contributed by atoms with E-state index >= 15 is 0 Å². The van der Waals surface area contributed by atoms with Gasteiger partial charge >= 0.3 is 0 Å². The maximum absolute atomic E-state index is 4.01. The highest BCUT2D eigenvalue weighted by Crippen LogP contribution is 2.28. The van der Waals surface area contributed by atoms with Crippen LogP contribution in [0.3, 0.4) is 0 Å². The molecule has 2 heterocycles. The molecule has 13 heavy (non-hydrogen) atoms. The van der Waals surface area contributed by atoms with Crippen molar-refractivity contribution in [2.75, 3.05) is 18.0 Å². The van der Waals surface area contributed by atoms with Crippen LogP contribution in [0.5, 0.6) is 0 Å². The number of pyridine rings is 1. The van der Waals surface area contributed by atoms with Crippen molar-refractivity contribution in [1.82, 2.24) is 4.98 Å². The average Bonchev–Trinajstić information content (AvgIpc) is 2.02. The Kier molecular flexibility index (Phi) is 2.21. The van der Waals surface area contributed by atoms with Gasteiger partial charge in [0, 0.05) is 31.2 Å². The molecule has 2 nitrogen and oxygen atoms in total. The van der Waals surface area contributed by atoms with E-state index in [0.29, 0.717) is 0 Å². The van der Waals surface area contributed by atoms with Crippen molar-refractivity contribution in [3.05, 3.63) is 24.5 Å². The molecule has 1 aromatic rings. The smallest absolute Gasteiger partial charge is 0.0397 e. The average molecular weight is 176 g/mol. The summed E-state index contributed by atoms with van der Waals surface area (Å²) in [6.07, 6.45) is 3.72. The van der Waals surface area contributed by atoms with Gasteiger partial charge < -0.3 is 4.90 Å². The van der Waals surface area contributed by atoms with Crippen molar-refractivity contribution in [3.63, 3.8) is 0 Å². The molecule has 0 unspecified atom stereocenters. The molecule has 0 spiro atoms. The molecule has 1 saturated heterocycles. The van der Waals surface area contributed by atoms with Crippen molar-refractivity contribution in [3.8, 4) is 0 Å². The number of hydrogen-bond acceptors (Lipinski definition) is 2. The molecule has 0 aliphatic carbocycles. The zero-order valence-corrected chi connectivity index (χ0v) is 8.27. The topological polar surface area (TPSA) is 16.1 Å². The van der Waals surface area contributed by atoms with Gasteiger partial charge in [-0.05, 0) is 24.0 Å². The van der Waals surface area contributed by atoms with Gasteiger partial charge in [0.05, 0.1) is 0 Å². The van der Waals surface area contributed by atoms with Crippen molar-refractivity contribution in [2.45, 2.75) is 13.8 Å². The molecule has 2 heteroatoms. The fourth-order valence-corrected chi connectivity index (χ4v) is 1.70. The van der Waals surface area contributed by atoms with Gasteiger partial charge in [-0.1, -0.05) is 13.8 Å². The maximum atomic E-state index is 4.01. The molecule has 1 fully saturated rings. The summed E-state index contributed by atoms with van der Waals surface area (Å²) in [6, 6.07) is 4.16. The molecule has 0 amide bonds. The summed E-state index contributed by atoms with van der Waals surface area (Å²) in [6.45, 7) is 7.02. The molecule has 1 aromatic heterocycles. The molecule has 0 N–H and O–H groups in total. The molecule has 0 aromatic carbocycles. The molecule has 70 valence electrons. The number of nitrogens with zero attached hydrogens (tertiary/aromatic N) is 2. The van der Waals surface area contributed by atoms with E-state index in [1.54, 1.807) is 0 Å². The Morgan fingerprint density at radius 3 is 2.46 bits per heavy atom. The summed E-state index contributed by atoms with van der Waals surface area (Å²) in [5, 5.41) is 0. The molecule has 0 atom stereocenters. The highest BCUT2D eigenvalue weighted by atomic mass is 15.2. The Balaban J connectivity index is 1.94. The lowest BCUT2D eigenvalue weighted by atomic mass is 9.88. The Bertz CT molecular complexity index is 263. The zero-order chi connectivity index (χ0) is 9.26. The van der Waals surface area contributed by atoms with E-state index in [1.807, 2.05) is 12.4 Å². The lowest BCUT2D eigenvalue weighted by Crippen LogP contribution is -2.49. The molecular weight excluding hydrogens is 160 g/mol. The second-order valence-electron chi connectivity index (χ2n) is 4.11. The van der Waals surface area contributed by atoms with E-state index in [0.717, 1.165) is 11.8 Å². The summed E-state index contributed by atoms with van der Waals surface area (Å²) in [4.78, 5) is 6.42. The lowest BCUT2D eigenvalue weighted by molar-refractivity contribution is 0.310. The molecule has 2 rings (SSSR count). The second-order valence-corrected chi connectivity index (χ2v) is 4.11. The van der Waals surface area contributed by atoms with E-state index in [-0.39, 0.29) is 0 Å². The van der Waals surface area contributed by atoms with Crippen molar-refractivity contribution >= 4 is 5.69 Å². The van der Waals surface area contributed by atoms with Crippen LogP contribution in [0.2, 0.25) is 0 Å². The van der Waals surface area contributed by atoms with Gasteiger partial charge in [-0.15, -0.1) is 0 Å². The van der Waals surface area contributed by atoms with Crippen LogP contribution in [0.25, 0.3) is 0 Å². The SMILES string of the molecule is CC(C)C1CN(c2ccncc2)C1. The third kappa shape index (κ3) is 1.67. The highest BCUT2D eigenvalue weighted by Gasteiger charge is 2.28. The minimum atomic E-state index is 0.818. The van der Waals surface area contributed by atoms with Gasteiger partial charge in [0.25, 0.3) is 0 Å². The predicted molar refractivity (Wildman–Crippen MR) is 54.8 cm³/mol. The van der Waals surface area contributed by atoms with Crippen LogP contribution >= 0.6 is 0 Å². The minimum absolute atomic E-state index is 0.818. The Labute approximate surface area is 79.6 Å². The van der Waals surface area contributed by atoms with Crippen LogP contribution in [0.4, 0.5) is 5.69 Å². The Hall–Kier alpha value is -1.05. The first-order valence-corrected chi connectivity index (χ1v) is 4.92. The Morgan fingerprint density at radius 1 is 1.31 bits per heavy atom. The fourth-order valence-electron chi connectivity index (χ4n) is 1.70. The summed E-state index contributed by atoms with van der Waals surface area (Å²) in [7, 11) is 0. The van der Waals surface area contributed by atoms with Crippen LogP contribution in [0.1, 0.15) is 13.8 Å². The van der Waals surface area contributed by atoms with Crippen molar-refractivity contribution < 1.29 is 0 Å². The van der Waals surface area contributed by atoms with Crippen molar-refractivity contribution in [2.24, 2.45) is 11.8 Å². The van der Waals surface area contributed by atoms with E-state index in [4.69, 9.17) is 0 Å². The third-order valence-electron chi connectivity index (χ3n) is 2.88. The molecule has 0 radical (unpaired) electrons. The standard InChI is InChI=1S/C11H16N2/c1-9(2)10-7-13(8-10)11-3-5-12-6-4-11/h3-6,9-10H,7-8H2,1-2H3. The lowest BCUT2D eigenvalue weighted by Gasteiger charge is -2.43. The summed E-state index contributed by atoms with van der Waals surface area (Å²) < 4.78 is 0. The second kappa shape index (κ2) is 3.36. The van der Waals surface area contributed by atoms with Gasteiger partial charge in [-0.25, -0.2) is 0 Å². The molecule has 0 saturated carbocycles. The number of hydrogen-bond donors (Lipinski definition) is 0. The van der Waals surface area contributed by atoms with Crippen molar-refractivity contribution in [1.29, 1.82) is 0 Å². The third-order valence-corrected chi connectivity index (χ3v) is 2.88. The quantitative estimate of drug-likeness (QED) is 0.686. The summed E-state index contributed by atoms with van der Waals surface area (Å²) in [5.41, 5.74) is 1.31. The van der Waals surface area contributed by atoms with E-state index in [1.165, 1.54) is 18.8 Å². The minimum Gasteiger partial charge on any atom is -0.371 e.